The van der Waals surface area contributed by atoms with Crippen molar-refractivity contribution in [1.29, 1.82) is 0 Å². The molecule has 5 nitrogen and oxygen atoms in total. The lowest BCUT2D eigenvalue weighted by atomic mass is 10.0. The number of ether oxygens (including phenoxy) is 1. The van der Waals surface area contributed by atoms with Crippen LogP contribution in [0.3, 0.4) is 0 Å². The van der Waals surface area contributed by atoms with Crippen molar-refractivity contribution in [2.24, 2.45) is 5.92 Å². The molecule has 2 N–H and O–H groups in total. The molecule has 0 radical (unpaired) electrons. The maximum absolute atomic E-state index is 11.8. The lowest BCUT2D eigenvalue weighted by Crippen LogP contribution is -2.41. The number of carboxylic acid groups (broad SMARTS) is 1. The van der Waals surface area contributed by atoms with Crippen LogP contribution in [0.4, 0.5) is 0 Å². The average Bonchev–Trinajstić information content (AvgIpc) is 2.44. The van der Waals surface area contributed by atoms with E-state index in [0.29, 0.717) is 24.5 Å². The van der Waals surface area contributed by atoms with Crippen molar-refractivity contribution in [3.63, 3.8) is 0 Å². The fourth-order valence-corrected chi connectivity index (χ4v) is 2.38. The summed E-state index contributed by atoms with van der Waals surface area (Å²) in [6.07, 6.45) is 1.16. The minimum atomic E-state index is -1.000. The van der Waals surface area contributed by atoms with Crippen LogP contribution in [0.5, 0.6) is 5.75 Å². The van der Waals surface area contributed by atoms with Gasteiger partial charge in [0.25, 0.3) is 0 Å². The molecule has 0 unspecified atom stereocenters. The number of rotatable bonds is 9. The fraction of sp³-hybridized carbons (Fsp3) is 0.529. The SMILES string of the molecule is Cc1cc(Cl)ccc1OCCCC(=O)N[C@H](CC(C)C)C(=O)O. The molecule has 0 spiro atoms. The van der Waals surface area contributed by atoms with Gasteiger partial charge in [0.15, 0.2) is 0 Å². The lowest BCUT2D eigenvalue weighted by molar-refractivity contribution is -0.142. The number of hydrogen-bond acceptors (Lipinski definition) is 3. The number of carbonyl (C=O) groups excluding carboxylic acids is 1. The first-order valence-electron chi connectivity index (χ1n) is 7.70. The van der Waals surface area contributed by atoms with E-state index in [2.05, 4.69) is 5.32 Å². The number of aryl methyl sites for hydroxylation is 1. The van der Waals surface area contributed by atoms with Crippen molar-refractivity contribution in [2.45, 2.75) is 46.1 Å². The molecule has 0 bridgehead atoms. The highest BCUT2D eigenvalue weighted by atomic mass is 35.5. The number of amides is 1. The van der Waals surface area contributed by atoms with Crippen LogP contribution in [-0.2, 0) is 9.59 Å². The van der Waals surface area contributed by atoms with Crippen LogP contribution >= 0.6 is 11.6 Å². The number of hydrogen-bond donors (Lipinski definition) is 2. The van der Waals surface area contributed by atoms with E-state index in [1.54, 1.807) is 12.1 Å². The van der Waals surface area contributed by atoms with Crippen LogP contribution in [0.25, 0.3) is 0 Å². The molecule has 0 aliphatic carbocycles. The Labute approximate surface area is 142 Å². The van der Waals surface area contributed by atoms with Gasteiger partial charge in [-0.2, -0.15) is 0 Å². The first-order chi connectivity index (χ1) is 10.8. The molecule has 23 heavy (non-hydrogen) atoms. The summed E-state index contributed by atoms with van der Waals surface area (Å²) >= 11 is 5.87. The maximum atomic E-state index is 11.8. The van der Waals surface area contributed by atoms with E-state index < -0.39 is 12.0 Å². The fourth-order valence-electron chi connectivity index (χ4n) is 2.15. The van der Waals surface area contributed by atoms with Gasteiger partial charge in [-0.1, -0.05) is 25.4 Å². The molecule has 1 rings (SSSR count). The Balaban J connectivity index is 2.34. The monoisotopic (exact) mass is 341 g/mol. The van der Waals surface area contributed by atoms with Crippen molar-refractivity contribution in [3.8, 4) is 5.75 Å². The third-order valence-corrected chi connectivity index (χ3v) is 3.52. The summed E-state index contributed by atoms with van der Waals surface area (Å²) in [6, 6.07) is 4.52. The second-order valence-corrected chi connectivity index (χ2v) is 6.39. The number of aliphatic carboxylic acids is 1. The minimum absolute atomic E-state index is 0.201. The van der Waals surface area contributed by atoms with Gasteiger partial charge in [-0.25, -0.2) is 4.79 Å². The topological polar surface area (TPSA) is 75.6 Å². The summed E-state index contributed by atoms with van der Waals surface area (Å²) < 4.78 is 5.60. The zero-order valence-corrected chi connectivity index (χ0v) is 14.5. The third kappa shape index (κ3) is 7.37. The summed E-state index contributed by atoms with van der Waals surface area (Å²) in [5, 5.41) is 12.3. The highest BCUT2D eigenvalue weighted by Gasteiger charge is 2.20. The Bertz CT molecular complexity index is 545. The second-order valence-electron chi connectivity index (χ2n) is 5.95. The Morgan fingerprint density at radius 1 is 1.35 bits per heavy atom. The molecule has 6 heteroatoms. The van der Waals surface area contributed by atoms with Gasteiger partial charge in [-0.15, -0.1) is 0 Å². The van der Waals surface area contributed by atoms with E-state index in [-0.39, 0.29) is 18.2 Å². The van der Waals surface area contributed by atoms with Crippen molar-refractivity contribution in [1.82, 2.24) is 5.32 Å². The molecule has 0 heterocycles. The van der Waals surface area contributed by atoms with E-state index >= 15 is 0 Å². The summed E-state index contributed by atoms with van der Waals surface area (Å²) in [5.41, 5.74) is 0.935. The van der Waals surface area contributed by atoms with E-state index in [4.69, 9.17) is 21.4 Å². The first-order valence-corrected chi connectivity index (χ1v) is 8.08. The number of halogens is 1. The van der Waals surface area contributed by atoms with Crippen LogP contribution in [0.15, 0.2) is 18.2 Å². The van der Waals surface area contributed by atoms with E-state index in [1.165, 1.54) is 0 Å². The molecule has 0 aromatic heterocycles. The van der Waals surface area contributed by atoms with Gasteiger partial charge in [0, 0.05) is 11.4 Å². The quantitative estimate of drug-likeness (QED) is 0.675. The Morgan fingerprint density at radius 3 is 2.61 bits per heavy atom. The van der Waals surface area contributed by atoms with Crippen LogP contribution in [-0.4, -0.2) is 29.6 Å². The molecule has 1 amide bonds. The zero-order valence-electron chi connectivity index (χ0n) is 13.8. The van der Waals surface area contributed by atoms with Gasteiger partial charge in [0.1, 0.15) is 11.8 Å². The van der Waals surface area contributed by atoms with Gasteiger partial charge in [0.2, 0.25) is 5.91 Å². The van der Waals surface area contributed by atoms with Gasteiger partial charge in [-0.05, 0) is 49.4 Å². The smallest absolute Gasteiger partial charge is 0.326 e. The van der Waals surface area contributed by atoms with Gasteiger partial charge < -0.3 is 15.2 Å². The lowest BCUT2D eigenvalue weighted by Gasteiger charge is -2.16. The standard InChI is InChI=1S/C17H24ClNO4/c1-11(2)9-14(17(21)22)19-16(20)5-4-8-23-15-7-6-13(18)10-12(15)3/h6-7,10-11,14H,4-5,8-9H2,1-3H3,(H,19,20)(H,21,22)/t14-/m1/s1. The number of benzene rings is 1. The van der Waals surface area contributed by atoms with E-state index in [9.17, 15) is 9.59 Å². The van der Waals surface area contributed by atoms with Crippen molar-refractivity contribution in [3.05, 3.63) is 28.8 Å². The molecule has 1 aromatic carbocycles. The predicted molar refractivity (Wildman–Crippen MR) is 89.9 cm³/mol. The Hall–Kier alpha value is -1.75. The van der Waals surface area contributed by atoms with Gasteiger partial charge >= 0.3 is 5.97 Å². The summed E-state index contributed by atoms with van der Waals surface area (Å²) in [4.78, 5) is 22.9. The molecule has 0 aliphatic rings. The van der Waals surface area contributed by atoms with Crippen LogP contribution in [0, 0.1) is 12.8 Å². The molecule has 0 saturated carbocycles. The number of nitrogens with one attached hydrogen (secondary N) is 1. The molecular formula is C17H24ClNO4. The molecule has 0 fully saturated rings. The molecule has 0 aliphatic heterocycles. The number of carboxylic acids is 1. The van der Waals surface area contributed by atoms with Gasteiger partial charge in [0.05, 0.1) is 6.61 Å². The van der Waals surface area contributed by atoms with E-state index in [1.807, 2.05) is 26.8 Å². The summed E-state index contributed by atoms with van der Waals surface area (Å²) in [7, 11) is 0. The van der Waals surface area contributed by atoms with Crippen LogP contribution in [0.1, 0.15) is 38.7 Å². The molecular weight excluding hydrogens is 318 g/mol. The molecule has 1 atom stereocenters. The van der Waals surface area contributed by atoms with Gasteiger partial charge in [-0.3, -0.25) is 4.79 Å². The highest BCUT2D eigenvalue weighted by molar-refractivity contribution is 6.30. The predicted octanol–water partition coefficient (Wildman–Crippen LogP) is 3.42. The highest BCUT2D eigenvalue weighted by Crippen LogP contribution is 2.21. The van der Waals surface area contributed by atoms with Crippen molar-refractivity contribution in [2.75, 3.05) is 6.61 Å². The first kappa shape index (κ1) is 19.3. The Kier molecular flexibility index (Phi) is 7.89. The largest absolute Gasteiger partial charge is 0.493 e. The zero-order chi connectivity index (χ0) is 17.4. The van der Waals surface area contributed by atoms with Crippen molar-refractivity contribution >= 4 is 23.5 Å². The molecule has 128 valence electrons. The van der Waals surface area contributed by atoms with E-state index in [0.717, 1.165) is 11.3 Å². The van der Waals surface area contributed by atoms with Crippen LogP contribution < -0.4 is 10.1 Å². The number of carbonyl (C=O) groups is 2. The maximum Gasteiger partial charge on any atom is 0.326 e. The molecule has 0 saturated heterocycles. The Morgan fingerprint density at radius 2 is 2.04 bits per heavy atom. The molecule has 1 aromatic rings. The summed E-state index contributed by atoms with van der Waals surface area (Å²) in [6.45, 7) is 6.13. The normalized spacial score (nSPS) is 12.0. The third-order valence-electron chi connectivity index (χ3n) is 3.28. The van der Waals surface area contributed by atoms with Crippen molar-refractivity contribution < 1.29 is 19.4 Å². The average molecular weight is 342 g/mol. The minimum Gasteiger partial charge on any atom is -0.493 e. The van der Waals surface area contributed by atoms with Crippen LogP contribution in [0.2, 0.25) is 5.02 Å². The second kappa shape index (κ2) is 9.40. The summed E-state index contributed by atoms with van der Waals surface area (Å²) in [5.74, 6) is -0.333.